The van der Waals surface area contributed by atoms with Gasteiger partial charge in [0.25, 0.3) is 0 Å². The predicted octanol–water partition coefficient (Wildman–Crippen LogP) is 2.74. The smallest absolute Gasteiger partial charge is 0.268 e. The Morgan fingerprint density at radius 3 is 2.76 bits per heavy atom. The number of rotatable bonds is 3. The lowest BCUT2D eigenvalue weighted by atomic mass is 9.82. The molecule has 0 amide bonds. The number of allylic oxidation sites excluding steroid dienone is 6. The SMILES string of the molecule is CC1C=CC=CC1/C(C#N)=C1\C=CS\C1=N/OS(C)(=O)=O. The number of hydrogen-bond acceptors (Lipinski definition) is 6. The van der Waals surface area contributed by atoms with Gasteiger partial charge in [0, 0.05) is 17.1 Å². The number of nitriles is 1. The molecule has 21 heavy (non-hydrogen) atoms. The zero-order valence-electron chi connectivity index (χ0n) is 11.6. The quantitative estimate of drug-likeness (QED) is 0.589. The van der Waals surface area contributed by atoms with E-state index in [0.29, 0.717) is 16.2 Å². The monoisotopic (exact) mass is 322 g/mol. The van der Waals surface area contributed by atoms with Crippen LogP contribution in [0.4, 0.5) is 0 Å². The summed E-state index contributed by atoms with van der Waals surface area (Å²) >= 11 is 1.23. The molecule has 7 heteroatoms. The van der Waals surface area contributed by atoms with E-state index in [1.54, 1.807) is 11.5 Å². The van der Waals surface area contributed by atoms with Crippen LogP contribution in [0.3, 0.4) is 0 Å². The highest BCUT2D eigenvalue weighted by molar-refractivity contribution is 8.17. The van der Waals surface area contributed by atoms with Crippen molar-refractivity contribution in [3.05, 3.63) is 46.9 Å². The number of hydrogen-bond donors (Lipinski definition) is 0. The molecule has 1 aliphatic heterocycles. The van der Waals surface area contributed by atoms with Crippen molar-refractivity contribution in [3.8, 4) is 6.07 Å². The van der Waals surface area contributed by atoms with Gasteiger partial charge >= 0.3 is 10.1 Å². The van der Waals surface area contributed by atoms with Crippen LogP contribution in [-0.4, -0.2) is 19.7 Å². The summed E-state index contributed by atoms with van der Waals surface area (Å²) in [4.78, 5) is 0. The van der Waals surface area contributed by atoms with E-state index in [2.05, 4.69) is 15.5 Å². The second-order valence-corrected chi connectivity index (χ2v) is 7.14. The maximum atomic E-state index is 11.0. The van der Waals surface area contributed by atoms with Gasteiger partial charge in [0.1, 0.15) is 5.04 Å². The molecular formula is C14H14N2O3S2. The molecule has 0 fully saturated rings. The van der Waals surface area contributed by atoms with Crippen molar-refractivity contribution in [2.24, 2.45) is 17.0 Å². The average Bonchev–Trinajstić information content (AvgIpc) is 2.87. The van der Waals surface area contributed by atoms with Crippen molar-refractivity contribution in [2.45, 2.75) is 6.92 Å². The number of nitrogens with zero attached hydrogens (tertiary/aromatic N) is 2. The summed E-state index contributed by atoms with van der Waals surface area (Å²) in [5.74, 6) is 0.134. The molecular weight excluding hydrogens is 308 g/mol. The van der Waals surface area contributed by atoms with Crippen molar-refractivity contribution in [1.29, 1.82) is 5.26 Å². The van der Waals surface area contributed by atoms with Crippen molar-refractivity contribution in [3.63, 3.8) is 0 Å². The Labute approximate surface area is 128 Å². The normalized spacial score (nSPS) is 28.7. The van der Waals surface area contributed by atoms with Gasteiger partial charge in [0.2, 0.25) is 0 Å². The van der Waals surface area contributed by atoms with Crippen LogP contribution < -0.4 is 0 Å². The van der Waals surface area contributed by atoms with Gasteiger partial charge in [-0.1, -0.05) is 48.1 Å². The summed E-state index contributed by atoms with van der Waals surface area (Å²) in [6.07, 6.45) is 10.5. The van der Waals surface area contributed by atoms with E-state index in [-0.39, 0.29) is 11.8 Å². The van der Waals surface area contributed by atoms with Crippen LogP contribution in [0.25, 0.3) is 0 Å². The molecule has 0 radical (unpaired) electrons. The van der Waals surface area contributed by atoms with Gasteiger partial charge in [0.05, 0.1) is 12.3 Å². The third-order valence-corrected chi connectivity index (χ3v) is 4.19. The molecule has 110 valence electrons. The second-order valence-electron chi connectivity index (χ2n) is 4.69. The Hall–Kier alpha value is -1.78. The molecule has 0 aromatic carbocycles. The Kier molecular flexibility index (Phi) is 4.70. The van der Waals surface area contributed by atoms with E-state index in [0.717, 1.165) is 6.26 Å². The van der Waals surface area contributed by atoms with Crippen molar-refractivity contribution < 1.29 is 12.7 Å². The first kappa shape index (κ1) is 15.6. The second kappa shape index (κ2) is 6.33. The molecule has 0 saturated heterocycles. The summed E-state index contributed by atoms with van der Waals surface area (Å²) in [5.41, 5.74) is 1.17. The van der Waals surface area contributed by atoms with Gasteiger partial charge < -0.3 is 0 Å². The van der Waals surface area contributed by atoms with Crippen molar-refractivity contribution in [2.75, 3.05) is 6.26 Å². The average molecular weight is 322 g/mol. The van der Waals surface area contributed by atoms with Crippen molar-refractivity contribution >= 4 is 26.9 Å². The summed E-state index contributed by atoms with van der Waals surface area (Å²) in [6.45, 7) is 2.03. The zero-order valence-corrected chi connectivity index (χ0v) is 13.2. The van der Waals surface area contributed by atoms with Gasteiger partial charge in [0.15, 0.2) is 0 Å². The Morgan fingerprint density at radius 1 is 1.43 bits per heavy atom. The summed E-state index contributed by atoms with van der Waals surface area (Å²) in [7, 11) is -3.66. The molecule has 2 aliphatic rings. The third-order valence-electron chi connectivity index (χ3n) is 3.05. The predicted molar refractivity (Wildman–Crippen MR) is 83.7 cm³/mol. The zero-order chi connectivity index (χ0) is 15.5. The van der Waals surface area contributed by atoms with Crippen LogP contribution >= 0.6 is 11.8 Å². The highest BCUT2D eigenvalue weighted by Gasteiger charge is 2.25. The highest BCUT2D eigenvalue weighted by atomic mass is 32.2. The molecule has 0 spiro atoms. The molecule has 0 N–H and O–H groups in total. The lowest BCUT2D eigenvalue weighted by Gasteiger charge is -2.20. The molecule has 2 rings (SSSR count). The molecule has 0 saturated carbocycles. The Morgan fingerprint density at radius 2 is 2.14 bits per heavy atom. The van der Waals surface area contributed by atoms with Gasteiger partial charge in [-0.25, -0.2) is 0 Å². The fraction of sp³-hybridized carbons (Fsp3) is 0.286. The molecule has 0 aromatic heterocycles. The van der Waals surface area contributed by atoms with Crippen LogP contribution in [-0.2, 0) is 14.4 Å². The highest BCUT2D eigenvalue weighted by Crippen LogP contribution is 2.34. The minimum absolute atomic E-state index is 0.0539. The van der Waals surface area contributed by atoms with Crippen LogP contribution in [0.5, 0.6) is 0 Å². The number of thioether (sulfide) groups is 1. The maximum absolute atomic E-state index is 11.0. The summed E-state index contributed by atoms with van der Waals surface area (Å²) in [5, 5.41) is 15.3. The van der Waals surface area contributed by atoms with E-state index in [9.17, 15) is 13.7 Å². The van der Waals surface area contributed by atoms with Crippen LogP contribution in [0, 0.1) is 23.2 Å². The van der Waals surface area contributed by atoms with Crippen LogP contribution in [0.2, 0.25) is 0 Å². The van der Waals surface area contributed by atoms with Gasteiger partial charge in [-0.2, -0.15) is 13.7 Å². The van der Waals surface area contributed by atoms with Gasteiger partial charge in [-0.3, -0.25) is 4.28 Å². The molecule has 0 aromatic rings. The van der Waals surface area contributed by atoms with E-state index < -0.39 is 10.1 Å². The fourth-order valence-electron chi connectivity index (χ4n) is 2.07. The van der Waals surface area contributed by atoms with Gasteiger partial charge in [-0.15, -0.1) is 0 Å². The van der Waals surface area contributed by atoms with E-state index in [1.807, 2.05) is 31.2 Å². The molecule has 5 nitrogen and oxygen atoms in total. The minimum atomic E-state index is -3.66. The Bertz CT molecular complexity index is 722. The fourth-order valence-corrected chi connectivity index (χ4v) is 3.05. The first-order valence-electron chi connectivity index (χ1n) is 6.22. The largest absolute Gasteiger partial charge is 0.325 e. The molecule has 1 aliphatic carbocycles. The lowest BCUT2D eigenvalue weighted by molar-refractivity contribution is 0.344. The van der Waals surface area contributed by atoms with E-state index in [4.69, 9.17) is 0 Å². The third kappa shape index (κ3) is 3.86. The maximum Gasteiger partial charge on any atom is 0.325 e. The van der Waals surface area contributed by atoms with Crippen molar-refractivity contribution in [1.82, 2.24) is 0 Å². The van der Waals surface area contributed by atoms with Gasteiger partial charge in [-0.05, 0) is 17.4 Å². The lowest BCUT2D eigenvalue weighted by Crippen LogP contribution is -2.14. The standard InChI is InChI=1S/C14H14N2O3S2/c1-10-5-3-4-6-11(10)13(9-15)12-7-8-20-14(12)16-19-21(2,17)18/h3-8,10-11H,1-2H3/b13-12+,16-14-. The minimum Gasteiger partial charge on any atom is -0.268 e. The van der Waals surface area contributed by atoms with Crippen LogP contribution in [0.1, 0.15) is 6.92 Å². The molecule has 1 heterocycles. The summed E-state index contributed by atoms with van der Waals surface area (Å²) in [6, 6.07) is 2.22. The first-order valence-corrected chi connectivity index (χ1v) is 8.91. The molecule has 2 atom stereocenters. The van der Waals surface area contributed by atoms with E-state index in [1.165, 1.54) is 11.8 Å². The summed E-state index contributed by atoms with van der Waals surface area (Å²) < 4.78 is 26.5. The number of oxime groups is 1. The Balaban J connectivity index is 2.39. The topological polar surface area (TPSA) is 79.5 Å². The molecule has 2 unspecified atom stereocenters. The van der Waals surface area contributed by atoms with E-state index >= 15 is 0 Å². The molecule has 0 bridgehead atoms. The van der Waals surface area contributed by atoms with Crippen LogP contribution in [0.15, 0.2) is 52.1 Å². The first-order chi connectivity index (χ1) is 9.92.